The van der Waals surface area contributed by atoms with Crippen LogP contribution in [0.2, 0.25) is 0 Å². The molecule has 0 saturated carbocycles. The molecule has 3 rings (SSSR count). The number of methoxy groups -OCH3 is 2. The number of likely N-dealkylation sites (N-methyl/N-ethyl adjacent to an activating group) is 1. The van der Waals surface area contributed by atoms with E-state index in [2.05, 4.69) is 0 Å². The van der Waals surface area contributed by atoms with Gasteiger partial charge < -0.3 is 23.8 Å². The maximum atomic E-state index is 12.4. The van der Waals surface area contributed by atoms with Gasteiger partial charge in [-0.3, -0.25) is 4.79 Å². The Morgan fingerprint density at radius 1 is 1.15 bits per heavy atom. The summed E-state index contributed by atoms with van der Waals surface area (Å²) in [6, 6.07) is 11.2. The number of fused-ring (bicyclic) bond motifs is 1. The molecule has 0 bridgehead atoms. The number of amides is 1. The van der Waals surface area contributed by atoms with Gasteiger partial charge in [0.2, 0.25) is 12.7 Å². The van der Waals surface area contributed by atoms with E-state index in [1.165, 1.54) is 6.08 Å². The number of rotatable bonds is 6. The zero-order chi connectivity index (χ0) is 18.5. The van der Waals surface area contributed by atoms with Crippen molar-refractivity contribution in [3.63, 3.8) is 0 Å². The van der Waals surface area contributed by atoms with Crippen molar-refractivity contribution in [2.75, 3.05) is 28.1 Å². The highest BCUT2D eigenvalue weighted by atomic mass is 16.7. The van der Waals surface area contributed by atoms with Crippen molar-refractivity contribution in [2.24, 2.45) is 0 Å². The Labute approximate surface area is 152 Å². The van der Waals surface area contributed by atoms with Crippen molar-refractivity contribution in [1.29, 1.82) is 0 Å². The van der Waals surface area contributed by atoms with Gasteiger partial charge in [-0.15, -0.1) is 0 Å². The molecule has 26 heavy (non-hydrogen) atoms. The van der Waals surface area contributed by atoms with Crippen molar-refractivity contribution in [1.82, 2.24) is 4.90 Å². The Morgan fingerprint density at radius 2 is 1.96 bits per heavy atom. The van der Waals surface area contributed by atoms with Crippen LogP contribution in [0, 0.1) is 0 Å². The molecule has 1 amide bonds. The number of benzene rings is 2. The van der Waals surface area contributed by atoms with Crippen LogP contribution in [0.1, 0.15) is 11.1 Å². The molecule has 6 nitrogen and oxygen atoms in total. The van der Waals surface area contributed by atoms with E-state index in [1.54, 1.807) is 32.2 Å². The molecule has 0 unspecified atom stereocenters. The lowest BCUT2D eigenvalue weighted by atomic mass is 10.1. The highest BCUT2D eigenvalue weighted by molar-refractivity contribution is 5.92. The molecule has 0 N–H and O–H groups in total. The third-order valence-electron chi connectivity index (χ3n) is 4.07. The average molecular weight is 355 g/mol. The number of carbonyl (C=O) groups is 1. The number of ether oxygens (including phenoxy) is 4. The fourth-order valence-electron chi connectivity index (χ4n) is 2.72. The van der Waals surface area contributed by atoms with Crippen molar-refractivity contribution in [3.05, 3.63) is 53.6 Å². The molecule has 0 fully saturated rings. The molecule has 1 heterocycles. The number of nitrogens with zero attached hydrogens (tertiary/aromatic N) is 1. The van der Waals surface area contributed by atoms with Crippen LogP contribution in [0.25, 0.3) is 6.08 Å². The number of hydrogen-bond acceptors (Lipinski definition) is 5. The van der Waals surface area contributed by atoms with Crippen molar-refractivity contribution in [3.8, 4) is 23.0 Å². The van der Waals surface area contributed by atoms with E-state index in [0.717, 1.165) is 16.9 Å². The predicted molar refractivity (Wildman–Crippen MR) is 97.6 cm³/mol. The molecule has 2 aromatic rings. The van der Waals surface area contributed by atoms with Gasteiger partial charge in [0.25, 0.3) is 0 Å². The lowest BCUT2D eigenvalue weighted by molar-refractivity contribution is -0.125. The minimum absolute atomic E-state index is 0.118. The first-order chi connectivity index (χ1) is 12.6. The molecule has 6 heteroatoms. The Balaban J connectivity index is 1.68. The van der Waals surface area contributed by atoms with Crippen molar-refractivity contribution in [2.45, 2.75) is 6.54 Å². The Hall–Kier alpha value is -3.15. The second-order valence-electron chi connectivity index (χ2n) is 5.80. The average Bonchev–Trinajstić information content (AvgIpc) is 3.13. The third-order valence-corrected chi connectivity index (χ3v) is 4.07. The standard InChI is InChI=1S/C20H21NO5/c1-21(12-14-7-9-16-18(11-14)26-13-25-16)19(22)10-8-15-5-4-6-17(23-2)20(15)24-3/h4-11H,12-13H2,1-3H3/b10-8+. The zero-order valence-corrected chi connectivity index (χ0v) is 15.0. The largest absolute Gasteiger partial charge is 0.493 e. The minimum Gasteiger partial charge on any atom is -0.493 e. The SMILES string of the molecule is COc1cccc(/C=C/C(=O)N(C)Cc2ccc3c(c2)OCO3)c1OC. The predicted octanol–water partition coefficient (Wildman–Crippen LogP) is 3.10. The molecule has 0 radical (unpaired) electrons. The summed E-state index contributed by atoms with van der Waals surface area (Å²) in [5, 5.41) is 0. The maximum Gasteiger partial charge on any atom is 0.246 e. The summed E-state index contributed by atoms with van der Waals surface area (Å²) in [5.74, 6) is 2.54. The van der Waals surface area contributed by atoms with E-state index in [9.17, 15) is 4.79 Å². The summed E-state index contributed by atoms with van der Waals surface area (Å²) < 4.78 is 21.3. The fraction of sp³-hybridized carbons (Fsp3) is 0.250. The second kappa shape index (κ2) is 7.82. The molecule has 0 saturated heterocycles. The van der Waals surface area contributed by atoms with Crippen LogP contribution in [0.5, 0.6) is 23.0 Å². The van der Waals surface area contributed by atoms with Crippen LogP contribution < -0.4 is 18.9 Å². The van der Waals surface area contributed by atoms with Gasteiger partial charge >= 0.3 is 0 Å². The van der Waals surface area contributed by atoms with Gasteiger partial charge in [-0.25, -0.2) is 0 Å². The quantitative estimate of drug-likeness (QED) is 0.745. The lowest BCUT2D eigenvalue weighted by Gasteiger charge is -2.15. The van der Waals surface area contributed by atoms with Crippen LogP contribution in [-0.4, -0.2) is 38.9 Å². The van der Waals surface area contributed by atoms with Gasteiger partial charge in [0, 0.05) is 25.2 Å². The zero-order valence-electron chi connectivity index (χ0n) is 15.0. The molecular weight excluding hydrogens is 334 g/mol. The topological polar surface area (TPSA) is 57.2 Å². The maximum absolute atomic E-state index is 12.4. The highest BCUT2D eigenvalue weighted by Gasteiger charge is 2.15. The first-order valence-electron chi connectivity index (χ1n) is 8.15. The van der Waals surface area contributed by atoms with Gasteiger partial charge in [-0.1, -0.05) is 18.2 Å². The molecule has 0 atom stereocenters. The van der Waals surface area contributed by atoms with E-state index in [4.69, 9.17) is 18.9 Å². The van der Waals surface area contributed by atoms with Gasteiger partial charge in [0.05, 0.1) is 14.2 Å². The van der Waals surface area contributed by atoms with Crippen molar-refractivity contribution >= 4 is 12.0 Å². The molecule has 1 aliphatic heterocycles. The summed E-state index contributed by atoms with van der Waals surface area (Å²) >= 11 is 0. The van der Waals surface area contributed by atoms with Crippen LogP contribution in [-0.2, 0) is 11.3 Å². The second-order valence-corrected chi connectivity index (χ2v) is 5.80. The van der Waals surface area contributed by atoms with Gasteiger partial charge in [-0.2, -0.15) is 0 Å². The summed E-state index contributed by atoms with van der Waals surface area (Å²) in [6.07, 6.45) is 3.24. The number of hydrogen-bond donors (Lipinski definition) is 0. The fourth-order valence-corrected chi connectivity index (χ4v) is 2.72. The molecule has 0 aromatic heterocycles. The summed E-state index contributed by atoms with van der Waals surface area (Å²) in [7, 11) is 4.90. The summed E-state index contributed by atoms with van der Waals surface area (Å²) in [4.78, 5) is 14.0. The lowest BCUT2D eigenvalue weighted by Crippen LogP contribution is -2.24. The number of para-hydroxylation sites is 1. The van der Waals surface area contributed by atoms with Crippen LogP contribution in [0.3, 0.4) is 0 Å². The van der Waals surface area contributed by atoms with E-state index in [1.807, 2.05) is 36.4 Å². The highest BCUT2D eigenvalue weighted by Crippen LogP contribution is 2.33. The van der Waals surface area contributed by atoms with Gasteiger partial charge in [-0.05, 0) is 29.8 Å². The third kappa shape index (κ3) is 3.74. The van der Waals surface area contributed by atoms with E-state index >= 15 is 0 Å². The minimum atomic E-state index is -0.118. The Kier molecular flexibility index (Phi) is 5.31. The first kappa shape index (κ1) is 17.7. The van der Waals surface area contributed by atoms with Crippen LogP contribution in [0.15, 0.2) is 42.5 Å². The Bertz CT molecular complexity index is 831. The van der Waals surface area contributed by atoms with E-state index in [-0.39, 0.29) is 12.7 Å². The van der Waals surface area contributed by atoms with Gasteiger partial charge in [0.1, 0.15) is 0 Å². The van der Waals surface area contributed by atoms with Gasteiger partial charge in [0.15, 0.2) is 23.0 Å². The number of carbonyl (C=O) groups excluding carboxylic acids is 1. The summed E-state index contributed by atoms with van der Waals surface area (Å²) in [5.41, 5.74) is 1.74. The molecule has 0 spiro atoms. The van der Waals surface area contributed by atoms with E-state index < -0.39 is 0 Å². The van der Waals surface area contributed by atoms with Crippen LogP contribution >= 0.6 is 0 Å². The molecular formula is C20H21NO5. The molecule has 136 valence electrons. The summed E-state index contributed by atoms with van der Waals surface area (Å²) in [6.45, 7) is 0.702. The Morgan fingerprint density at radius 3 is 2.73 bits per heavy atom. The first-order valence-corrected chi connectivity index (χ1v) is 8.15. The molecule has 2 aromatic carbocycles. The monoisotopic (exact) mass is 355 g/mol. The molecule has 1 aliphatic rings. The van der Waals surface area contributed by atoms with Crippen molar-refractivity contribution < 1.29 is 23.7 Å². The van der Waals surface area contributed by atoms with E-state index in [0.29, 0.717) is 23.8 Å². The normalized spacial score (nSPS) is 12.3. The smallest absolute Gasteiger partial charge is 0.246 e. The molecule has 0 aliphatic carbocycles. The van der Waals surface area contributed by atoms with Crippen LogP contribution in [0.4, 0.5) is 0 Å².